The Balaban J connectivity index is 3.31. The van der Waals surface area contributed by atoms with Crippen LogP contribution >= 0.6 is 0 Å². The lowest BCUT2D eigenvalue weighted by atomic mass is 9.89. The van der Waals surface area contributed by atoms with Gasteiger partial charge in [0, 0.05) is 18.5 Å². The Bertz CT molecular complexity index is 433. The predicted octanol–water partition coefficient (Wildman–Crippen LogP) is 3.10. The van der Waals surface area contributed by atoms with Gasteiger partial charge >= 0.3 is 0 Å². The molecule has 4 heteroatoms. The first-order valence-corrected chi connectivity index (χ1v) is 5.85. The van der Waals surface area contributed by atoms with E-state index in [9.17, 15) is 0 Å². The molecule has 0 aliphatic rings. The van der Waals surface area contributed by atoms with Gasteiger partial charge in [0.2, 0.25) is 0 Å². The van der Waals surface area contributed by atoms with Crippen molar-refractivity contribution in [2.45, 2.75) is 40.0 Å². The number of hydrogen-bond donors (Lipinski definition) is 0. The molecule has 0 radical (unpaired) electrons. The summed E-state index contributed by atoms with van der Waals surface area (Å²) < 4.78 is 1.79. The average molecular weight is 234 g/mol. The van der Waals surface area contributed by atoms with Crippen LogP contribution in [0.1, 0.15) is 40.2 Å². The number of aromatic nitrogens is 2. The normalized spacial score (nSPS) is 13.2. The van der Waals surface area contributed by atoms with Crippen LogP contribution in [0.4, 0.5) is 5.82 Å². The largest absolute Gasteiger partial charge is 0.251 e. The van der Waals surface area contributed by atoms with Crippen LogP contribution in [0.5, 0.6) is 0 Å². The van der Waals surface area contributed by atoms with E-state index in [0.717, 1.165) is 17.2 Å². The molecule has 0 saturated carbocycles. The summed E-state index contributed by atoms with van der Waals surface area (Å²) in [6.45, 7) is 14.1. The van der Waals surface area contributed by atoms with Crippen LogP contribution in [0.15, 0.2) is 16.2 Å². The van der Waals surface area contributed by atoms with Crippen molar-refractivity contribution in [2.75, 3.05) is 0 Å². The van der Waals surface area contributed by atoms with Crippen molar-refractivity contribution >= 4 is 18.4 Å². The number of hydrogen-bond acceptors (Lipinski definition) is 2. The number of rotatable bonds is 2. The Morgan fingerprint density at radius 2 is 2.00 bits per heavy atom. The molecule has 1 aromatic heterocycles. The van der Waals surface area contributed by atoms with Crippen molar-refractivity contribution in [1.82, 2.24) is 9.78 Å². The molecule has 4 nitrogen and oxygen atoms in total. The zero-order valence-corrected chi connectivity index (χ0v) is 11.7. The lowest BCUT2D eigenvalue weighted by Crippen LogP contribution is -2.11. The highest BCUT2D eigenvalue weighted by atomic mass is 15.3. The van der Waals surface area contributed by atoms with Crippen LogP contribution in [-0.4, -0.2) is 22.3 Å². The van der Waals surface area contributed by atoms with E-state index < -0.39 is 0 Å². The van der Waals surface area contributed by atoms with Gasteiger partial charge in [-0.05, 0) is 12.1 Å². The van der Waals surface area contributed by atoms with E-state index in [2.05, 4.69) is 56.4 Å². The Hall–Kier alpha value is -1.45. The highest BCUT2D eigenvalue weighted by Crippen LogP contribution is 2.31. The van der Waals surface area contributed by atoms with Crippen molar-refractivity contribution in [2.24, 2.45) is 23.0 Å². The van der Waals surface area contributed by atoms with Gasteiger partial charge in [0.05, 0.1) is 6.20 Å². The molecule has 94 valence electrons. The highest BCUT2D eigenvalue weighted by molar-refractivity contribution is 5.89. The molecule has 0 spiro atoms. The summed E-state index contributed by atoms with van der Waals surface area (Å²) in [5.41, 5.74) is 1.15. The first-order chi connectivity index (χ1) is 7.77. The number of nitrogens with zero attached hydrogens (tertiary/aromatic N) is 4. The van der Waals surface area contributed by atoms with Gasteiger partial charge in [0.1, 0.15) is 5.84 Å². The van der Waals surface area contributed by atoms with Crippen LogP contribution in [0, 0.1) is 5.92 Å². The van der Waals surface area contributed by atoms with E-state index in [1.807, 2.05) is 13.2 Å². The minimum Gasteiger partial charge on any atom is -0.251 e. The van der Waals surface area contributed by atoms with Crippen molar-refractivity contribution in [3.63, 3.8) is 0 Å². The van der Waals surface area contributed by atoms with E-state index in [-0.39, 0.29) is 11.3 Å². The fourth-order valence-electron chi connectivity index (χ4n) is 1.55. The van der Waals surface area contributed by atoms with Crippen LogP contribution < -0.4 is 0 Å². The molecule has 0 bridgehead atoms. The monoisotopic (exact) mass is 234 g/mol. The van der Waals surface area contributed by atoms with Gasteiger partial charge in [-0.1, -0.05) is 34.6 Å². The van der Waals surface area contributed by atoms with E-state index >= 15 is 0 Å². The minimum atomic E-state index is 0.0242. The summed E-state index contributed by atoms with van der Waals surface area (Å²) in [4.78, 5) is 8.58. The molecule has 1 rings (SSSR count). The molecule has 0 saturated heterocycles. The van der Waals surface area contributed by atoms with E-state index in [1.165, 1.54) is 0 Å². The van der Waals surface area contributed by atoms with Crippen molar-refractivity contribution in [3.8, 4) is 0 Å². The van der Waals surface area contributed by atoms with Gasteiger partial charge < -0.3 is 0 Å². The molecule has 0 N–H and O–H groups in total. The summed E-state index contributed by atoms with van der Waals surface area (Å²) in [5, 5.41) is 4.28. The standard InChI is InChI=1S/C13H22N4/c1-9(2)11(14-6)16-12-10(13(3,4)5)8-15-17(12)7/h8-9H,6H2,1-5,7H3/b16-11-. The van der Waals surface area contributed by atoms with Crippen molar-refractivity contribution < 1.29 is 0 Å². The minimum absolute atomic E-state index is 0.0242. The molecule has 0 fully saturated rings. The highest BCUT2D eigenvalue weighted by Gasteiger charge is 2.21. The molecular formula is C13H22N4. The summed E-state index contributed by atoms with van der Waals surface area (Å²) in [6.07, 6.45) is 1.87. The predicted molar refractivity (Wildman–Crippen MR) is 73.4 cm³/mol. The molecule has 0 atom stereocenters. The van der Waals surface area contributed by atoms with Crippen LogP contribution in [0.2, 0.25) is 0 Å². The third kappa shape index (κ3) is 3.02. The Labute approximate surface area is 103 Å². The number of aryl methyl sites for hydroxylation is 1. The zero-order valence-electron chi connectivity index (χ0n) is 11.7. The van der Waals surface area contributed by atoms with Crippen molar-refractivity contribution in [3.05, 3.63) is 11.8 Å². The van der Waals surface area contributed by atoms with E-state index in [1.54, 1.807) is 4.68 Å². The number of amidine groups is 1. The van der Waals surface area contributed by atoms with Crippen LogP contribution in [-0.2, 0) is 12.5 Å². The number of aliphatic imine (C=N–C) groups is 2. The molecule has 1 heterocycles. The van der Waals surface area contributed by atoms with Gasteiger partial charge in [0.25, 0.3) is 0 Å². The lowest BCUT2D eigenvalue weighted by molar-refractivity contribution is 0.590. The van der Waals surface area contributed by atoms with Gasteiger partial charge in [-0.2, -0.15) is 5.10 Å². The van der Waals surface area contributed by atoms with Crippen molar-refractivity contribution in [1.29, 1.82) is 0 Å². The summed E-state index contributed by atoms with van der Waals surface area (Å²) >= 11 is 0. The molecule has 0 aliphatic carbocycles. The van der Waals surface area contributed by atoms with Crippen LogP contribution in [0.25, 0.3) is 0 Å². The smallest absolute Gasteiger partial charge is 0.156 e. The van der Waals surface area contributed by atoms with Gasteiger partial charge in [-0.15, -0.1) is 0 Å². The first-order valence-electron chi connectivity index (χ1n) is 5.85. The second-order valence-corrected chi connectivity index (χ2v) is 5.54. The average Bonchev–Trinajstić information content (AvgIpc) is 2.55. The SMILES string of the molecule is C=N/C(=N\c1c(C(C)(C)C)cnn1C)C(C)C. The zero-order chi connectivity index (χ0) is 13.2. The fraction of sp³-hybridized carbons (Fsp3) is 0.615. The van der Waals surface area contributed by atoms with Crippen LogP contribution in [0.3, 0.4) is 0 Å². The second kappa shape index (κ2) is 4.82. The molecule has 0 unspecified atom stereocenters. The molecule has 1 aromatic rings. The molecule has 0 aromatic carbocycles. The van der Waals surface area contributed by atoms with E-state index in [0.29, 0.717) is 0 Å². The molecule has 0 amide bonds. The third-order valence-corrected chi connectivity index (χ3v) is 2.61. The maximum Gasteiger partial charge on any atom is 0.156 e. The van der Waals surface area contributed by atoms with Gasteiger partial charge in [-0.3, -0.25) is 4.68 Å². The van der Waals surface area contributed by atoms with Gasteiger partial charge in [0.15, 0.2) is 5.82 Å². The summed E-state index contributed by atoms with van der Waals surface area (Å²) in [7, 11) is 1.90. The summed E-state index contributed by atoms with van der Waals surface area (Å²) in [5.74, 6) is 1.88. The summed E-state index contributed by atoms with van der Waals surface area (Å²) in [6, 6.07) is 0. The van der Waals surface area contributed by atoms with E-state index in [4.69, 9.17) is 0 Å². The molecule has 0 aliphatic heterocycles. The quantitative estimate of drug-likeness (QED) is 0.572. The fourth-order valence-corrected chi connectivity index (χ4v) is 1.55. The van der Waals surface area contributed by atoms with Gasteiger partial charge in [-0.25, -0.2) is 9.98 Å². The Morgan fingerprint density at radius 3 is 2.41 bits per heavy atom. The maximum atomic E-state index is 4.59. The first kappa shape index (κ1) is 13.6. The molecular weight excluding hydrogens is 212 g/mol. The molecule has 17 heavy (non-hydrogen) atoms. The lowest BCUT2D eigenvalue weighted by Gasteiger charge is -2.17. The topological polar surface area (TPSA) is 42.5 Å². The third-order valence-electron chi connectivity index (χ3n) is 2.61. The second-order valence-electron chi connectivity index (χ2n) is 5.54. The Kier molecular flexibility index (Phi) is 3.86. The Morgan fingerprint density at radius 1 is 1.41 bits per heavy atom. The maximum absolute atomic E-state index is 4.59.